The number of rotatable bonds is 5. The van der Waals surface area contributed by atoms with E-state index in [2.05, 4.69) is 21.3 Å². The summed E-state index contributed by atoms with van der Waals surface area (Å²) in [5.74, 6) is -0.780. The van der Waals surface area contributed by atoms with Crippen LogP contribution in [0.25, 0.3) is 0 Å². The van der Waals surface area contributed by atoms with Crippen LogP contribution in [0, 0.1) is 0 Å². The van der Waals surface area contributed by atoms with Gasteiger partial charge in [-0.1, -0.05) is 30.3 Å². The van der Waals surface area contributed by atoms with E-state index in [9.17, 15) is 14.4 Å². The molecule has 20 heavy (non-hydrogen) atoms. The number of likely N-dealkylation sites (N-methyl/N-ethyl adjacent to an activating group) is 1. The predicted molar refractivity (Wildman–Crippen MR) is 73.9 cm³/mol. The first-order chi connectivity index (χ1) is 9.58. The van der Waals surface area contributed by atoms with Gasteiger partial charge in [-0.05, 0) is 5.56 Å². The number of hydrogen-bond acceptors (Lipinski definition) is 4. The van der Waals surface area contributed by atoms with Crippen molar-refractivity contribution in [2.24, 2.45) is 0 Å². The standard InChI is InChI=1S/C13H18N4O3/c1-14-10(18)8-16-11(9-6-4-3-5-7-9)12(19)17-13(20)15-2/h3-7,11,16H,8H2,1-2H3,(H,14,18)(H2,15,17,19,20)/t11-/m1/s1. The topological polar surface area (TPSA) is 99.3 Å². The van der Waals surface area contributed by atoms with Gasteiger partial charge >= 0.3 is 6.03 Å². The average molecular weight is 278 g/mol. The van der Waals surface area contributed by atoms with Crippen LogP contribution in [0.4, 0.5) is 4.79 Å². The first-order valence-electron chi connectivity index (χ1n) is 6.10. The van der Waals surface area contributed by atoms with E-state index in [1.54, 1.807) is 24.3 Å². The maximum absolute atomic E-state index is 12.0. The summed E-state index contributed by atoms with van der Waals surface area (Å²) >= 11 is 0. The summed E-state index contributed by atoms with van der Waals surface area (Å²) in [5, 5.41) is 9.75. The first kappa shape index (κ1) is 15.6. The maximum atomic E-state index is 12.0. The fourth-order valence-corrected chi connectivity index (χ4v) is 1.54. The highest BCUT2D eigenvalue weighted by Gasteiger charge is 2.22. The quantitative estimate of drug-likeness (QED) is 0.584. The minimum Gasteiger partial charge on any atom is -0.358 e. The van der Waals surface area contributed by atoms with Crippen molar-refractivity contribution < 1.29 is 14.4 Å². The second kappa shape index (κ2) is 7.90. The summed E-state index contributed by atoms with van der Waals surface area (Å²) in [5.41, 5.74) is 0.665. The molecule has 1 atom stereocenters. The molecule has 4 N–H and O–H groups in total. The Hall–Kier alpha value is -2.41. The van der Waals surface area contributed by atoms with Crippen LogP contribution < -0.4 is 21.3 Å². The van der Waals surface area contributed by atoms with E-state index in [0.29, 0.717) is 5.56 Å². The van der Waals surface area contributed by atoms with Crippen LogP contribution in [0.3, 0.4) is 0 Å². The SMILES string of the molecule is CNC(=O)CN[C@@H](C(=O)NC(=O)NC)c1ccccc1. The van der Waals surface area contributed by atoms with Crippen molar-refractivity contribution in [3.8, 4) is 0 Å². The number of carbonyl (C=O) groups is 3. The molecule has 7 heteroatoms. The van der Waals surface area contributed by atoms with E-state index in [-0.39, 0.29) is 12.5 Å². The normalized spacial score (nSPS) is 11.3. The van der Waals surface area contributed by atoms with Crippen LogP contribution in [-0.2, 0) is 9.59 Å². The highest BCUT2D eigenvalue weighted by Crippen LogP contribution is 2.12. The lowest BCUT2D eigenvalue weighted by molar-refractivity contribution is -0.123. The van der Waals surface area contributed by atoms with E-state index in [1.807, 2.05) is 6.07 Å². The summed E-state index contributed by atoms with van der Waals surface area (Å²) in [6, 6.07) is 7.46. The third-order valence-corrected chi connectivity index (χ3v) is 2.60. The van der Waals surface area contributed by atoms with Gasteiger partial charge in [-0.3, -0.25) is 20.2 Å². The number of nitrogens with one attached hydrogen (secondary N) is 4. The van der Waals surface area contributed by atoms with Crippen LogP contribution >= 0.6 is 0 Å². The van der Waals surface area contributed by atoms with Crippen molar-refractivity contribution in [3.05, 3.63) is 35.9 Å². The smallest absolute Gasteiger partial charge is 0.321 e. The number of carbonyl (C=O) groups excluding carboxylic acids is 3. The zero-order valence-corrected chi connectivity index (χ0v) is 11.4. The number of amides is 4. The van der Waals surface area contributed by atoms with Gasteiger partial charge in [0.15, 0.2) is 0 Å². The molecule has 0 saturated carbocycles. The molecule has 0 saturated heterocycles. The maximum Gasteiger partial charge on any atom is 0.321 e. The lowest BCUT2D eigenvalue weighted by Crippen LogP contribution is -2.45. The summed E-state index contributed by atoms with van der Waals surface area (Å²) in [7, 11) is 2.92. The van der Waals surface area contributed by atoms with Gasteiger partial charge in [0.05, 0.1) is 6.54 Å². The van der Waals surface area contributed by atoms with Crippen molar-refractivity contribution in [2.45, 2.75) is 6.04 Å². The lowest BCUT2D eigenvalue weighted by Gasteiger charge is -2.17. The molecule has 0 bridgehead atoms. The van der Waals surface area contributed by atoms with Crippen LogP contribution in [0.15, 0.2) is 30.3 Å². The van der Waals surface area contributed by atoms with Gasteiger partial charge < -0.3 is 10.6 Å². The van der Waals surface area contributed by atoms with Crippen LogP contribution in [0.2, 0.25) is 0 Å². The van der Waals surface area contributed by atoms with Gasteiger partial charge in [0.25, 0.3) is 0 Å². The van der Waals surface area contributed by atoms with Crippen molar-refractivity contribution in [1.29, 1.82) is 0 Å². The van der Waals surface area contributed by atoms with Crippen molar-refractivity contribution in [1.82, 2.24) is 21.3 Å². The zero-order chi connectivity index (χ0) is 15.0. The molecule has 0 spiro atoms. The minimum atomic E-state index is -0.786. The molecule has 0 fully saturated rings. The molecule has 1 aromatic rings. The highest BCUT2D eigenvalue weighted by atomic mass is 16.2. The van der Waals surface area contributed by atoms with Crippen molar-refractivity contribution in [2.75, 3.05) is 20.6 Å². The molecular formula is C13H18N4O3. The molecule has 4 amide bonds. The molecular weight excluding hydrogens is 260 g/mol. The van der Waals surface area contributed by atoms with Gasteiger partial charge in [0.2, 0.25) is 11.8 Å². The summed E-state index contributed by atoms with van der Waals surface area (Å²) in [6.07, 6.45) is 0. The molecule has 108 valence electrons. The Bertz CT molecular complexity index is 476. The monoisotopic (exact) mass is 278 g/mol. The van der Waals surface area contributed by atoms with Crippen LogP contribution in [-0.4, -0.2) is 38.5 Å². The Balaban J connectivity index is 2.81. The van der Waals surface area contributed by atoms with E-state index in [0.717, 1.165) is 0 Å². The summed E-state index contributed by atoms with van der Waals surface area (Å²) in [4.78, 5) is 34.5. The van der Waals surface area contributed by atoms with E-state index in [1.165, 1.54) is 14.1 Å². The second-order valence-electron chi connectivity index (χ2n) is 3.97. The zero-order valence-electron chi connectivity index (χ0n) is 11.4. The number of urea groups is 1. The summed E-state index contributed by atoms with van der Waals surface area (Å²) in [6.45, 7) is -0.0305. The predicted octanol–water partition coefficient (Wildman–Crippen LogP) is -0.481. The Labute approximate surface area is 117 Å². The molecule has 7 nitrogen and oxygen atoms in total. The Morgan fingerprint density at radius 2 is 1.70 bits per heavy atom. The molecule has 0 aliphatic rings. The van der Waals surface area contributed by atoms with Crippen LogP contribution in [0.5, 0.6) is 0 Å². The van der Waals surface area contributed by atoms with E-state index >= 15 is 0 Å². The summed E-state index contributed by atoms with van der Waals surface area (Å²) < 4.78 is 0. The fourth-order valence-electron chi connectivity index (χ4n) is 1.54. The van der Waals surface area contributed by atoms with Crippen LogP contribution in [0.1, 0.15) is 11.6 Å². The number of benzene rings is 1. The molecule has 0 aliphatic heterocycles. The Morgan fingerprint density at radius 3 is 2.25 bits per heavy atom. The first-order valence-corrected chi connectivity index (χ1v) is 6.10. The molecule has 0 radical (unpaired) electrons. The molecule has 0 aromatic heterocycles. The van der Waals surface area contributed by atoms with Crippen molar-refractivity contribution >= 4 is 17.8 Å². The Kier molecular flexibility index (Phi) is 6.18. The van der Waals surface area contributed by atoms with Gasteiger partial charge in [-0.25, -0.2) is 4.79 Å². The van der Waals surface area contributed by atoms with Gasteiger partial charge in [0.1, 0.15) is 6.04 Å². The molecule has 1 rings (SSSR count). The van der Waals surface area contributed by atoms with Gasteiger partial charge in [-0.15, -0.1) is 0 Å². The van der Waals surface area contributed by atoms with E-state index < -0.39 is 18.0 Å². The second-order valence-corrected chi connectivity index (χ2v) is 3.97. The largest absolute Gasteiger partial charge is 0.358 e. The van der Waals surface area contributed by atoms with Crippen molar-refractivity contribution in [3.63, 3.8) is 0 Å². The highest BCUT2D eigenvalue weighted by molar-refractivity contribution is 5.97. The molecule has 1 aromatic carbocycles. The van der Waals surface area contributed by atoms with Gasteiger partial charge in [-0.2, -0.15) is 0 Å². The Morgan fingerprint density at radius 1 is 1.05 bits per heavy atom. The number of imide groups is 1. The number of hydrogen-bond donors (Lipinski definition) is 4. The molecule has 0 heterocycles. The molecule has 0 unspecified atom stereocenters. The third kappa shape index (κ3) is 4.69. The lowest BCUT2D eigenvalue weighted by atomic mass is 10.1. The van der Waals surface area contributed by atoms with E-state index in [4.69, 9.17) is 0 Å². The third-order valence-electron chi connectivity index (χ3n) is 2.60. The minimum absolute atomic E-state index is 0.0305. The average Bonchev–Trinajstić information content (AvgIpc) is 2.48. The molecule has 0 aliphatic carbocycles. The van der Waals surface area contributed by atoms with Gasteiger partial charge in [0, 0.05) is 14.1 Å². The fraction of sp³-hybridized carbons (Fsp3) is 0.308.